The summed E-state index contributed by atoms with van der Waals surface area (Å²) in [7, 11) is 0. The van der Waals surface area contributed by atoms with Gasteiger partial charge in [-0.05, 0) is 55.8 Å². The van der Waals surface area contributed by atoms with E-state index in [2.05, 4.69) is 16.0 Å². The Labute approximate surface area is 164 Å². The summed E-state index contributed by atoms with van der Waals surface area (Å²) < 4.78 is 6.01. The number of ether oxygens (including phenoxy) is 1. The second-order valence-corrected chi connectivity index (χ2v) is 7.58. The maximum absolute atomic E-state index is 12.9. The first-order chi connectivity index (χ1) is 13.7. The number of Topliss-reactive ketones (excluding diaryl/α,β-unsaturated/α-hetero) is 1. The summed E-state index contributed by atoms with van der Waals surface area (Å²) >= 11 is 0. The molecular formula is C23H22N2O3. The number of piperidine rings is 1. The molecule has 1 aliphatic carbocycles. The fourth-order valence-corrected chi connectivity index (χ4v) is 4.25. The lowest BCUT2D eigenvalue weighted by molar-refractivity contribution is 0.101. The lowest BCUT2D eigenvalue weighted by atomic mass is 10.0. The van der Waals surface area contributed by atoms with Gasteiger partial charge in [-0.25, -0.2) is 0 Å². The van der Waals surface area contributed by atoms with E-state index in [-0.39, 0.29) is 11.5 Å². The van der Waals surface area contributed by atoms with Crippen molar-refractivity contribution in [2.45, 2.75) is 32.2 Å². The van der Waals surface area contributed by atoms with Gasteiger partial charge in [0.2, 0.25) is 5.78 Å². The van der Waals surface area contributed by atoms with E-state index < -0.39 is 0 Å². The van der Waals surface area contributed by atoms with E-state index in [0.29, 0.717) is 29.2 Å². The van der Waals surface area contributed by atoms with Crippen molar-refractivity contribution in [1.82, 2.24) is 9.88 Å². The van der Waals surface area contributed by atoms with Crippen LogP contribution in [0.15, 0.2) is 48.4 Å². The summed E-state index contributed by atoms with van der Waals surface area (Å²) in [5.74, 6) is 0.872. The molecule has 1 saturated heterocycles. The molecule has 0 spiro atoms. The predicted molar refractivity (Wildman–Crippen MR) is 106 cm³/mol. The maximum Gasteiger partial charge on any atom is 0.231 e. The molecule has 142 valence electrons. The SMILES string of the molecule is O=C1/C(=C/C2=CCc3ncccc32)Oc2c1ccc(O)c2CN1CCCCC1. The third kappa shape index (κ3) is 2.92. The van der Waals surface area contributed by atoms with Crippen molar-refractivity contribution in [1.29, 1.82) is 0 Å². The fourth-order valence-electron chi connectivity index (χ4n) is 4.25. The summed E-state index contributed by atoms with van der Waals surface area (Å²) in [5, 5.41) is 10.4. The van der Waals surface area contributed by atoms with Crippen molar-refractivity contribution in [3.8, 4) is 11.5 Å². The van der Waals surface area contributed by atoms with Crippen LogP contribution < -0.4 is 4.74 Å². The molecule has 1 fully saturated rings. The minimum Gasteiger partial charge on any atom is -0.507 e. The average Bonchev–Trinajstić information content (AvgIpc) is 3.27. The van der Waals surface area contributed by atoms with Gasteiger partial charge >= 0.3 is 0 Å². The van der Waals surface area contributed by atoms with Crippen LogP contribution in [0, 0.1) is 0 Å². The van der Waals surface area contributed by atoms with Gasteiger partial charge in [0.25, 0.3) is 0 Å². The number of carbonyl (C=O) groups is 1. The molecule has 5 nitrogen and oxygen atoms in total. The van der Waals surface area contributed by atoms with E-state index in [1.165, 1.54) is 19.3 Å². The molecule has 5 heteroatoms. The summed E-state index contributed by atoms with van der Waals surface area (Å²) in [6, 6.07) is 7.18. The molecule has 0 unspecified atom stereocenters. The van der Waals surface area contributed by atoms with Crippen LogP contribution in [-0.2, 0) is 13.0 Å². The Bertz CT molecular complexity index is 1020. The molecule has 0 saturated carbocycles. The van der Waals surface area contributed by atoms with Crippen LogP contribution in [0.4, 0.5) is 0 Å². The molecule has 2 aliphatic heterocycles. The monoisotopic (exact) mass is 374 g/mol. The van der Waals surface area contributed by atoms with E-state index in [1.807, 2.05) is 12.1 Å². The van der Waals surface area contributed by atoms with Gasteiger partial charge in [-0.15, -0.1) is 0 Å². The number of phenolic OH excluding ortho intramolecular Hbond substituents is 1. The number of phenols is 1. The Morgan fingerprint density at radius 1 is 1.14 bits per heavy atom. The highest BCUT2D eigenvalue weighted by molar-refractivity contribution is 6.14. The second-order valence-electron chi connectivity index (χ2n) is 7.58. The van der Waals surface area contributed by atoms with Crippen LogP contribution in [0.25, 0.3) is 5.57 Å². The average molecular weight is 374 g/mol. The number of allylic oxidation sites excluding steroid dienone is 4. The minimum atomic E-state index is -0.131. The normalized spacial score (nSPS) is 20.1. The number of benzene rings is 1. The first kappa shape index (κ1) is 17.2. The van der Waals surface area contributed by atoms with Gasteiger partial charge in [-0.3, -0.25) is 14.7 Å². The van der Waals surface area contributed by atoms with Crippen LogP contribution >= 0.6 is 0 Å². The molecule has 1 aromatic heterocycles. The van der Waals surface area contributed by atoms with E-state index in [9.17, 15) is 9.90 Å². The molecule has 5 rings (SSSR count). The highest BCUT2D eigenvalue weighted by Gasteiger charge is 2.32. The van der Waals surface area contributed by atoms with Gasteiger partial charge in [0.1, 0.15) is 11.5 Å². The van der Waals surface area contributed by atoms with Gasteiger partial charge in [0.05, 0.1) is 16.8 Å². The largest absolute Gasteiger partial charge is 0.507 e. The number of aromatic nitrogens is 1. The van der Waals surface area contributed by atoms with Crippen LogP contribution in [0.3, 0.4) is 0 Å². The number of nitrogens with zero attached hydrogens (tertiary/aromatic N) is 2. The number of carbonyl (C=O) groups excluding carboxylic acids is 1. The molecule has 0 atom stereocenters. The summed E-state index contributed by atoms with van der Waals surface area (Å²) in [4.78, 5) is 19.6. The first-order valence-electron chi connectivity index (χ1n) is 9.86. The Morgan fingerprint density at radius 3 is 2.86 bits per heavy atom. The van der Waals surface area contributed by atoms with Crippen molar-refractivity contribution in [2.24, 2.45) is 0 Å². The number of ketones is 1. The number of aromatic hydroxyl groups is 1. The summed E-state index contributed by atoms with van der Waals surface area (Å²) in [5.41, 5.74) is 4.25. The molecule has 3 heterocycles. The van der Waals surface area contributed by atoms with Crippen LogP contribution in [0.2, 0.25) is 0 Å². The maximum atomic E-state index is 12.9. The molecule has 3 aliphatic rings. The molecule has 2 aromatic rings. The lowest BCUT2D eigenvalue weighted by Gasteiger charge is -2.27. The number of fused-ring (bicyclic) bond motifs is 2. The molecule has 1 aromatic carbocycles. The Balaban J connectivity index is 1.46. The quantitative estimate of drug-likeness (QED) is 0.827. The summed E-state index contributed by atoms with van der Waals surface area (Å²) in [6.07, 6.45) is 10.0. The molecule has 0 amide bonds. The number of hydrogen-bond acceptors (Lipinski definition) is 5. The van der Waals surface area contributed by atoms with Crippen molar-refractivity contribution in [2.75, 3.05) is 13.1 Å². The Kier molecular flexibility index (Phi) is 4.24. The predicted octanol–water partition coefficient (Wildman–Crippen LogP) is 3.87. The van der Waals surface area contributed by atoms with E-state index in [0.717, 1.165) is 36.3 Å². The van der Waals surface area contributed by atoms with Crippen LogP contribution in [0.5, 0.6) is 11.5 Å². The number of rotatable bonds is 3. The Hall–Kier alpha value is -2.92. The number of likely N-dealkylation sites (tertiary alicyclic amines) is 1. The van der Waals surface area contributed by atoms with Crippen molar-refractivity contribution in [3.05, 3.63) is 70.8 Å². The zero-order valence-corrected chi connectivity index (χ0v) is 15.6. The van der Waals surface area contributed by atoms with E-state index in [1.54, 1.807) is 24.4 Å². The third-order valence-electron chi connectivity index (χ3n) is 5.75. The number of hydrogen-bond donors (Lipinski definition) is 1. The van der Waals surface area contributed by atoms with Crippen molar-refractivity contribution in [3.63, 3.8) is 0 Å². The summed E-state index contributed by atoms with van der Waals surface area (Å²) in [6.45, 7) is 2.62. The second kappa shape index (κ2) is 6.91. The molecule has 28 heavy (non-hydrogen) atoms. The Morgan fingerprint density at radius 2 is 2.00 bits per heavy atom. The highest BCUT2D eigenvalue weighted by Crippen LogP contribution is 2.41. The third-order valence-corrected chi connectivity index (χ3v) is 5.75. The molecule has 0 bridgehead atoms. The van der Waals surface area contributed by atoms with Crippen LogP contribution in [0.1, 0.15) is 46.4 Å². The molecular weight excluding hydrogens is 352 g/mol. The van der Waals surface area contributed by atoms with Gasteiger partial charge in [-0.2, -0.15) is 0 Å². The van der Waals surface area contributed by atoms with Gasteiger partial charge in [-0.1, -0.05) is 18.6 Å². The van der Waals surface area contributed by atoms with Crippen molar-refractivity contribution >= 4 is 11.4 Å². The zero-order chi connectivity index (χ0) is 19.1. The zero-order valence-electron chi connectivity index (χ0n) is 15.6. The standard InChI is InChI=1S/C23H22N2O3/c26-20-9-7-17-22(27)21(13-15-6-8-19-16(15)5-4-10-24-19)28-23(17)18(20)14-25-11-2-1-3-12-25/h4-7,9-10,13,26H,1-3,8,11-12,14H2/b21-13-. The van der Waals surface area contributed by atoms with Crippen molar-refractivity contribution < 1.29 is 14.6 Å². The van der Waals surface area contributed by atoms with Gasteiger partial charge in [0.15, 0.2) is 5.76 Å². The van der Waals surface area contributed by atoms with E-state index in [4.69, 9.17) is 4.74 Å². The fraction of sp³-hybridized carbons (Fsp3) is 0.304. The smallest absolute Gasteiger partial charge is 0.231 e. The van der Waals surface area contributed by atoms with Gasteiger partial charge < -0.3 is 9.84 Å². The topological polar surface area (TPSA) is 62.7 Å². The van der Waals surface area contributed by atoms with E-state index >= 15 is 0 Å². The minimum absolute atomic E-state index is 0.131. The number of pyridine rings is 1. The molecule has 0 radical (unpaired) electrons. The van der Waals surface area contributed by atoms with Crippen LogP contribution in [-0.4, -0.2) is 33.9 Å². The highest BCUT2D eigenvalue weighted by atomic mass is 16.5. The first-order valence-corrected chi connectivity index (χ1v) is 9.86. The van der Waals surface area contributed by atoms with Gasteiger partial charge in [0, 0.05) is 24.7 Å². The molecule has 1 N–H and O–H groups in total. The lowest BCUT2D eigenvalue weighted by Crippen LogP contribution is -2.29.